The van der Waals surface area contributed by atoms with Crippen molar-refractivity contribution in [2.75, 3.05) is 31.5 Å². The zero-order valence-electron chi connectivity index (χ0n) is 17.2. The summed E-state index contributed by atoms with van der Waals surface area (Å²) in [5, 5.41) is 5.80. The van der Waals surface area contributed by atoms with Crippen LogP contribution in [0.1, 0.15) is 12.6 Å². The second-order valence-corrected chi connectivity index (χ2v) is 8.47. The first-order valence-corrected chi connectivity index (χ1v) is 11.1. The minimum atomic E-state index is -0.975. The van der Waals surface area contributed by atoms with Gasteiger partial charge < -0.3 is 5.32 Å². The topological polar surface area (TPSA) is 48.5 Å². The number of thiazole rings is 1. The Morgan fingerprint density at radius 1 is 1.10 bits per heavy atom. The summed E-state index contributed by atoms with van der Waals surface area (Å²) < 4.78 is 26.4. The smallest absolute Gasteiger partial charge is 0.241 e. The summed E-state index contributed by atoms with van der Waals surface area (Å²) in [6.07, 6.45) is 0. The van der Waals surface area contributed by atoms with Crippen molar-refractivity contribution in [1.29, 1.82) is 0 Å². The molecule has 2 heterocycles. The SMILES string of the molecule is C[C@H](C(=O)Nc1ccc(F)c(F)c1)N1CCN(Cc2csc(-c3ccccc3)n2)CC1. The van der Waals surface area contributed by atoms with Crippen molar-refractivity contribution in [3.05, 3.63) is 71.2 Å². The number of amides is 1. The van der Waals surface area contributed by atoms with Gasteiger partial charge in [0.15, 0.2) is 11.6 Å². The summed E-state index contributed by atoms with van der Waals surface area (Å²) in [5.74, 6) is -2.14. The third kappa shape index (κ3) is 5.33. The summed E-state index contributed by atoms with van der Waals surface area (Å²) in [7, 11) is 0. The highest BCUT2D eigenvalue weighted by Gasteiger charge is 2.26. The second-order valence-electron chi connectivity index (χ2n) is 7.62. The van der Waals surface area contributed by atoms with Gasteiger partial charge in [-0.2, -0.15) is 0 Å². The van der Waals surface area contributed by atoms with E-state index in [1.807, 2.05) is 25.1 Å². The fourth-order valence-electron chi connectivity index (χ4n) is 3.62. The second kappa shape index (κ2) is 9.64. The van der Waals surface area contributed by atoms with Crippen LogP contribution in [-0.2, 0) is 11.3 Å². The number of anilines is 1. The Labute approximate surface area is 184 Å². The zero-order valence-corrected chi connectivity index (χ0v) is 18.0. The van der Waals surface area contributed by atoms with Crippen LogP contribution >= 0.6 is 11.3 Å². The average molecular weight is 443 g/mol. The van der Waals surface area contributed by atoms with E-state index in [-0.39, 0.29) is 17.6 Å². The maximum Gasteiger partial charge on any atom is 0.241 e. The molecule has 162 valence electrons. The molecule has 31 heavy (non-hydrogen) atoms. The Balaban J connectivity index is 1.27. The highest BCUT2D eigenvalue weighted by Crippen LogP contribution is 2.24. The first-order chi connectivity index (χ1) is 15.0. The van der Waals surface area contributed by atoms with Gasteiger partial charge in [-0.15, -0.1) is 11.3 Å². The lowest BCUT2D eigenvalue weighted by Gasteiger charge is -2.37. The van der Waals surface area contributed by atoms with Crippen molar-refractivity contribution in [3.8, 4) is 10.6 Å². The van der Waals surface area contributed by atoms with Gasteiger partial charge in [-0.1, -0.05) is 30.3 Å². The fourth-order valence-corrected chi connectivity index (χ4v) is 4.43. The lowest BCUT2D eigenvalue weighted by atomic mass is 10.2. The molecule has 0 aliphatic carbocycles. The monoisotopic (exact) mass is 442 g/mol. The van der Waals surface area contributed by atoms with E-state index in [1.165, 1.54) is 6.07 Å². The summed E-state index contributed by atoms with van der Waals surface area (Å²) in [6.45, 7) is 5.79. The molecule has 0 unspecified atom stereocenters. The van der Waals surface area contributed by atoms with E-state index in [1.54, 1.807) is 11.3 Å². The van der Waals surface area contributed by atoms with Gasteiger partial charge in [0, 0.05) is 55.4 Å². The predicted octanol–water partition coefficient (Wildman–Crippen LogP) is 4.23. The van der Waals surface area contributed by atoms with E-state index in [0.29, 0.717) is 0 Å². The number of benzene rings is 2. The molecule has 0 spiro atoms. The standard InChI is InChI=1S/C23H24F2N4OS/c1-16(22(30)26-18-7-8-20(24)21(25)13-18)29-11-9-28(10-12-29)14-19-15-31-23(27-19)17-5-3-2-4-6-17/h2-8,13,15-16H,9-12,14H2,1H3,(H,26,30)/t16-/m1/s1. The van der Waals surface area contributed by atoms with Crippen molar-refractivity contribution in [2.45, 2.75) is 19.5 Å². The first-order valence-electron chi connectivity index (χ1n) is 10.2. The number of hydrogen-bond acceptors (Lipinski definition) is 5. The number of aromatic nitrogens is 1. The van der Waals surface area contributed by atoms with Gasteiger partial charge in [-0.05, 0) is 19.1 Å². The van der Waals surface area contributed by atoms with Crippen LogP contribution in [0.25, 0.3) is 10.6 Å². The Morgan fingerprint density at radius 3 is 2.55 bits per heavy atom. The van der Waals surface area contributed by atoms with Gasteiger partial charge in [0.25, 0.3) is 0 Å². The molecular formula is C23H24F2N4OS. The largest absolute Gasteiger partial charge is 0.325 e. The van der Waals surface area contributed by atoms with Crippen molar-refractivity contribution < 1.29 is 13.6 Å². The summed E-state index contributed by atoms with van der Waals surface area (Å²) in [4.78, 5) is 21.7. The molecular weight excluding hydrogens is 418 g/mol. The van der Waals surface area contributed by atoms with Gasteiger partial charge in [0.05, 0.1) is 11.7 Å². The number of nitrogens with zero attached hydrogens (tertiary/aromatic N) is 3. The van der Waals surface area contributed by atoms with Crippen LogP contribution in [-0.4, -0.2) is 52.9 Å². The third-order valence-corrected chi connectivity index (χ3v) is 6.42. The number of piperazine rings is 1. The first kappa shape index (κ1) is 21.5. The van der Waals surface area contributed by atoms with Gasteiger partial charge in [-0.25, -0.2) is 13.8 Å². The van der Waals surface area contributed by atoms with Crippen LogP contribution in [0.4, 0.5) is 14.5 Å². The Kier molecular flexibility index (Phi) is 6.70. The molecule has 5 nitrogen and oxygen atoms in total. The summed E-state index contributed by atoms with van der Waals surface area (Å²) in [5.41, 5.74) is 2.44. The summed E-state index contributed by atoms with van der Waals surface area (Å²) in [6, 6.07) is 13.2. The highest BCUT2D eigenvalue weighted by atomic mass is 32.1. The normalized spacial score (nSPS) is 16.2. The van der Waals surface area contributed by atoms with Gasteiger partial charge >= 0.3 is 0 Å². The van der Waals surface area contributed by atoms with E-state index in [2.05, 4.69) is 32.6 Å². The molecule has 4 rings (SSSR count). The quantitative estimate of drug-likeness (QED) is 0.621. The van der Waals surface area contributed by atoms with E-state index in [4.69, 9.17) is 4.98 Å². The highest BCUT2D eigenvalue weighted by molar-refractivity contribution is 7.13. The van der Waals surface area contributed by atoms with Crippen molar-refractivity contribution in [3.63, 3.8) is 0 Å². The average Bonchev–Trinajstić information content (AvgIpc) is 3.25. The van der Waals surface area contributed by atoms with Crippen molar-refractivity contribution in [2.24, 2.45) is 0 Å². The van der Waals surface area contributed by atoms with Gasteiger partial charge in [-0.3, -0.25) is 14.6 Å². The molecule has 8 heteroatoms. The molecule has 2 aromatic carbocycles. The number of carbonyl (C=O) groups is 1. The number of rotatable bonds is 6. The van der Waals surface area contributed by atoms with Crippen LogP contribution in [0.15, 0.2) is 53.9 Å². The molecule has 1 aromatic heterocycles. The van der Waals surface area contributed by atoms with E-state index >= 15 is 0 Å². The molecule has 1 N–H and O–H groups in total. The number of carbonyl (C=O) groups excluding carboxylic acids is 1. The molecule has 1 saturated heterocycles. The Bertz CT molecular complexity index is 1040. The minimum Gasteiger partial charge on any atom is -0.325 e. The molecule has 3 aromatic rings. The molecule has 0 bridgehead atoms. The molecule has 1 aliphatic rings. The number of hydrogen-bond donors (Lipinski definition) is 1. The lowest BCUT2D eigenvalue weighted by Crippen LogP contribution is -2.52. The van der Waals surface area contributed by atoms with Crippen LogP contribution < -0.4 is 5.32 Å². The molecule has 1 fully saturated rings. The lowest BCUT2D eigenvalue weighted by molar-refractivity contribution is -0.121. The van der Waals surface area contributed by atoms with Crippen LogP contribution in [0.2, 0.25) is 0 Å². The zero-order chi connectivity index (χ0) is 21.8. The maximum absolute atomic E-state index is 13.4. The van der Waals surface area contributed by atoms with Crippen LogP contribution in [0.3, 0.4) is 0 Å². The molecule has 0 saturated carbocycles. The maximum atomic E-state index is 13.4. The van der Waals surface area contributed by atoms with Crippen molar-refractivity contribution >= 4 is 22.9 Å². The fraction of sp³-hybridized carbons (Fsp3) is 0.304. The minimum absolute atomic E-state index is 0.230. The Hall–Kier alpha value is -2.68. The van der Waals surface area contributed by atoms with Gasteiger partial charge in [0.2, 0.25) is 5.91 Å². The molecule has 1 atom stereocenters. The van der Waals surface area contributed by atoms with E-state index < -0.39 is 11.6 Å². The molecule has 0 radical (unpaired) electrons. The number of halogens is 2. The van der Waals surface area contributed by atoms with Crippen LogP contribution in [0, 0.1) is 11.6 Å². The van der Waals surface area contributed by atoms with Crippen molar-refractivity contribution in [1.82, 2.24) is 14.8 Å². The molecule has 1 amide bonds. The Morgan fingerprint density at radius 2 is 1.84 bits per heavy atom. The van der Waals surface area contributed by atoms with Crippen LogP contribution in [0.5, 0.6) is 0 Å². The third-order valence-electron chi connectivity index (χ3n) is 5.48. The van der Waals surface area contributed by atoms with E-state index in [0.717, 1.165) is 61.1 Å². The number of nitrogens with one attached hydrogen (secondary N) is 1. The summed E-state index contributed by atoms with van der Waals surface area (Å²) >= 11 is 1.65. The predicted molar refractivity (Wildman–Crippen MR) is 119 cm³/mol. The van der Waals surface area contributed by atoms with E-state index in [9.17, 15) is 13.6 Å². The van der Waals surface area contributed by atoms with Gasteiger partial charge in [0.1, 0.15) is 5.01 Å². The molecule has 1 aliphatic heterocycles.